The Balaban J connectivity index is 2.30. The van der Waals surface area contributed by atoms with Crippen molar-refractivity contribution in [2.45, 2.75) is 18.6 Å². The second-order valence-corrected chi connectivity index (χ2v) is 4.60. The molecule has 8 heteroatoms. The molecule has 0 radical (unpaired) electrons. The third kappa shape index (κ3) is 1.77. The predicted molar refractivity (Wildman–Crippen MR) is 56.3 cm³/mol. The van der Waals surface area contributed by atoms with Crippen molar-refractivity contribution >= 4 is 0 Å². The molecule has 3 N–H and O–H groups in total. The molecule has 1 aliphatic rings. The van der Waals surface area contributed by atoms with E-state index >= 15 is 0 Å². The van der Waals surface area contributed by atoms with Crippen molar-refractivity contribution in [3.63, 3.8) is 0 Å². The fourth-order valence-corrected chi connectivity index (χ4v) is 2.03. The van der Waals surface area contributed by atoms with Crippen LogP contribution in [0.15, 0.2) is 15.8 Å². The normalized spacial score (nSPS) is 25.1. The van der Waals surface area contributed by atoms with Gasteiger partial charge in [0.1, 0.15) is 5.67 Å². The van der Waals surface area contributed by atoms with Crippen LogP contribution in [0.2, 0.25) is 0 Å². The molecule has 0 bridgehead atoms. The maximum absolute atomic E-state index is 14.2. The van der Waals surface area contributed by atoms with Crippen LogP contribution in [0.3, 0.4) is 0 Å². The quantitative estimate of drug-likeness (QED) is 0.632. The van der Waals surface area contributed by atoms with Gasteiger partial charge in [0, 0.05) is 0 Å². The lowest BCUT2D eigenvalue weighted by Crippen LogP contribution is -2.36. The average Bonchev–Trinajstić information content (AvgIpc) is 2.92. The Hall–Kier alpha value is -1.54. The number of hydrogen-bond acceptors (Lipinski definition) is 4. The Labute approximate surface area is 99.5 Å². The second kappa shape index (κ2) is 3.99. The van der Waals surface area contributed by atoms with Gasteiger partial charge in [0.25, 0.3) is 5.56 Å². The molecule has 100 valence electrons. The molecule has 1 aromatic rings. The Morgan fingerprint density at radius 3 is 2.50 bits per heavy atom. The number of hydrogen-bond donors (Lipinski definition) is 3. The lowest BCUT2D eigenvalue weighted by atomic mass is 10.1. The van der Waals surface area contributed by atoms with Crippen LogP contribution in [-0.4, -0.2) is 38.6 Å². The molecule has 1 unspecified atom stereocenters. The summed E-state index contributed by atoms with van der Waals surface area (Å²) < 4.78 is 27.9. The van der Waals surface area contributed by atoms with Crippen molar-refractivity contribution in [2.24, 2.45) is 5.41 Å². The van der Waals surface area contributed by atoms with Crippen molar-refractivity contribution in [1.82, 2.24) is 9.55 Å². The van der Waals surface area contributed by atoms with Gasteiger partial charge in [-0.05, 0) is 6.42 Å². The number of nitrogens with zero attached hydrogens (tertiary/aromatic N) is 1. The molecule has 0 spiro atoms. The van der Waals surface area contributed by atoms with Gasteiger partial charge in [-0.25, -0.2) is 9.18 Å². The summed E-state index contributed by atoms with van der Waals surface area (Å²) in [5.41, 5.74) is -5.39. The van der Waals surface area contributed by atoms with Crippen LogP contribution in [0.1, 0.15) is 6.42 Å². The van der Waals surface area contributed by atoms with Gasteiger partial charge in [-0.3, -0.25) is 14.3 Å². The van der Waals surface area contributed by atoms with Gasteiger partial charge in [0.2, 0.25) is 5.82 Å². The average molecular weight is 262 g/mol. The maximum Gasteiger partial charge on any atom is 0.328 e. The van der Waals surface area contributed by atoms with Crippen LogP contribution >= 0.6 is 0 Å². The van der Waals surface area contributed by atoms with Crippen LogP contribution in [0, 0.1) is 11.2 Å². The third-order valence-corrected chi connectivity index (χ3v) is 3.44. The fourth-order valence-electron chi connectivity index (χ4n) is 2.03. The topological polar surface area (TPSA) is 95.3 Å². The highest BCUT2D eigenvalue weighted by molar-refractivity contribution is 5.16. The number of aromatic nitrogens is 2. The molecule has 0 saturated heterocycles. The van der Waals surface area contributed by atoms with E-state index in [0.717, 1.165) is 0 Å². The van der Waals surface area contributed by atoms with Crippen molar-refractivity contribution in [2.75, 3.05) is 13.2 Å². The molecule has 1 aromatic heterocycles. The number of alkyl halides is 1. The third-order valence-electron chi connectivity index (χ3n) is 3.44. The maximum atomic E-state index is 14.2. The first-order valence-electron chi connectivity index (χ1n) is 5.27. The largest absolute Gasteiger partial charge is 0.396 e. The SMILES string of the molecule is O=c1[nH]c(=O)n(CC2(F)CC2(CO)CO)cc1F. The van der Waals surface area contributed by atoms with Gasteiger partial charge >= 0.3 is 5.69 Å². The van der Waals surface area contributed by atoms with Crippen molar-refractivity contribution in [1.29, 1.82) is 0 Å². The Kier molecular flexibility index (Phi) is 2.86. The minimum atomic E-state index is -1.98. The zero-order valence-corrected chi connectivity index (χ0v) is 9.32. The molecule has 0 amide bonds. The number of aromatic amines is 1. The number of rotatable bonds is 4. The fraction of sp³-hybridized carbons (Fsp3) is 0.600. The first-order chi connectivity index (χ1) is 8.37. The zero-order chi connectivity index (χ0) is 13.6. The van der Waals surface area contributed by atoms with Crippen LogP contribution in [-0.2, 0) is 6.54 Å². The zero-order valence-electron chi connectivity index (χ0n) is 9.32. The summed E-state index contributed by atoms with van der Waals surface area (Å²) in [5.74, 6) is -1.20. The van der Waals surface area contributed by atoms with Crippen LogP contribution in [0.4, 0.5) is 8.78 Å². The van der Waals surface area contributed by atoms with Gasteiger partial charge < -0.3 is 10.2 Å². The molecule has 1 fully saturated rings. The van der Waals surface area contributed by atoms with Gasteiger partial charge in [-0.2, -0.15) is 4.39 Å². The highest BCUT2D eigenvalue weighted by Gasteiger charge is 2.68. The number of aliphatic hydroxyl groups is 2. The summed E-state index contributed by atoms with van der Waals surface area (Å²) >= 11 is 0. The second-order valence-electron chi connectivity index (χ2n) is 4.60. The summed E-state index contributed by atoms with van der Waals surface area (Å²) in [6, 6.07) is 0. The Bertz CT molecular complexity index is 578. The molecule has 1 saturated carbocycles. The number of halogens is 2. The van der Waals surface area contributed by atoms with Crippen molar-refractivity contribution in [3.05, 3.63) is 32.9 Å². The number of nitrogens with one attached hydrogen (secondary N) is 1. The molecular formula is C10H12F2N2O4. The summed E-state index contributed by atoms with van der Waals surface area (Å²) in [6.07, 6.45) is 0.487. The van der Waals surface area contributed by atoms with E-state index in [0.29, 0.717) is 10.8 Å². The van der Waals surface area contributed by atoms with E-state index in [4.69, 9.17) is 10.2 Å². The van der Waals surface area contributed by atoms with Crippen molar-refractivity contribution < 1.29 is 19.0 Å². The van der Waals surface area contributed by atoms with Gasteiger partial charge in [-0.15, -0.1) is 0 Å². The minimum Gasteiger partial charge on any atom is -0.396 e. The monoisotopic (exact) mass is 262 g/mol. The van der Waals surface area contributed by atoms with E-state index in [1.165, 1.54) is 0 Å². The first kappa shape index (κ1) is 12.9. The van der Waals surface area contributed by atoms with Crippen LogP contribution in [0.5, 0.6) is 0 Å². The molecular weight excluding hydrogens is 250 g/mol. The van der Waals surface area contributed by atoms with Gasteiger partial charge in [0.05, 0.1) is 31.4 Å². The molecule has 0 aromatic carbocycles. The highest BCUT2D eigenvalue weighted by atomic mass is 19.1. The summed E-state index contributed by atoms with van der Waals surface area (Å²) in [4.78, 5) is 23.8. The molecule has 1 heterocycles. The summed E-state index contributed by atoms with van der Waals surface area (Å²) in [7, 11) is 0. The molecule has 2 rings (SSSR count). The van der Waals surface area contributed by atoms with E-state index in [-0.39, 0.29) is 6.42 Å². The van der Waals surface area contributed by atoms with E-state index in [1.807, 2.05) is 0 Å². The van der Waals surface area contributed by atoms with Gasteiger partial charge in [0.15, 0.2) is 0 Å². The lowest BCUT2D eigenvalue weighted by molar-refractivity contribution is 0.0720. The summed E-state index contributed by atoms with van der Waals surface area (Å²) in [6.45, 7) is -1.66. The van der Waals surface area contributed by atoms with Crippen LogP contribution in [0.25, 0.3) is 0 Å². The van der Waals surface area contributed by atoms with E-state index in [9.17, 15) is 18.4 Å². The van der Waals surface area contributed by atoms with E-state index in [2.05, 4.69) is 0 Å². The standard InChI is InChI=1S/C10H12F2N2O4/c11-6-1-14(8(18)13-7(6)17)3-10(12)2-9(10,4-15)5-16/h1,15-16H,2-5H2,(H,13,17,18). The van der Waals surface area contributed by atoms with E-state index < -0.39 is 47.9 Å². The predicted octanol–water partition coefficient (Wildman–Crippen LogP) is -1.24. The first-order valence-corrected chi connectivity index (χ1v) is 5.27. The van der Waals surface area contributed by atoms with Crippen LogP contribution < -0.4 is 11.2 Å². The number of aliphatic hydroxyl groups excluding tert-OH is 2. The summed E-state index contributed by atoms with van der Waals surface area (Å²) in [5, 5.41) is 18.0. The smallest absolute Gasteiger partial charge is 0.328 e. The molecule has 18 heavy (non-hydrogen) atoms. The molecule has 0 aliphatic heterocycles. The van der Waals surface area contributed by atoms with Gasteiger partial charge in [-0.1, -0.05) is 0 Å². The highest BCUT2D eigenvalue weighted by Crippen LogP contribution is 2.59. The Morgan fingerprint density at radius 2 is 2.00 bits per heavy atom. The molecule has 6 nitrogen and oxygen atoms in total. The minimum absolute atomic E-state index is 0.125. The van der Waals surface area contributed by atoms with E-state index in [1.54, 1.807) is 4.98 Å². The lowest BCUT2D eigenvalue weighted by Gasteiger charge is -2.16. The Morgan fingerprint density at radius 1 is 1.39 bits per heavy atom. The van der Waals surface area contributed by atoms with Crippen molar-refractivity contribution in [3.8, 4) is 0 Å². The number of H-pyrrole nitrogens is 1. The molecule has 1 atom stereocenters. The molecule has 1 aliphatic carbocycles.